The first-order chi connectivity index (χ1) is 26.9. The van der Waals surface area contributed by atoms with Crippen LogP contribution in [0.3, 0.4) is 0 Å². The normalized spacial score (nSPS) is 15.4. The summed E-state index contributed by atoms with van der Waals surface area (Å²) in [7, 11) is 0. The van der Waals surface area contributed by atoms with Crippen LogP contribution in [0.1, 0.15) is 55.5 Å². The van der Waals surface area contributed by atoms with Crippen LogP contribution in [0.5, 0.6) is 0 Å². The Morgan fingerprint density at radius 1 is 0.655 bits per heavy atom. The molecule has 0 spiro atoms. The topological polar surface area (TPSA) is 15.3 Å². The third-order valence-electron chi connectivity index (χ3n) is 10.8. The predicted molar refractivity (Wildman–Crippen MR) is 240 cm³/mol. The summed E-state index contributed by atoms with van der Waals surface area (Å²) in [5, 5.41) is 8.57. The molecule has 1 aliphatic heterocycles. The third-order valence-corrected chi connectivity index (χ3v) is 10.8. The fraction of sp³-hybridized carbons (Fsp3) is 0.0943. The smallest absolute Gasteiger partial charge is 0.0540 e. The summed E-state index contributed by atoms with van der Waals surface area (Å²) in [6.07, 6.45) is 15.0. The van der Waals surface area contributed by atoms with Gasteiger partial charge in [0.25, 0.3) is 0 Å². The van der Waals surface area contributed by atoms with Crippen LogP contribution in [0.2, 0.25) is 0 Å². The molecular weight excluding hydrogens is 665 g/mol. The van der Waals surface area contributed by atoms with Gasteiger partial charge in [-0.25, -0.2) is 0 Å². The van der Waals surface area contributed by atoms with Gasteiger partial charge in [0.15, 0.2) is 0 Å². The fourth-order valence-corrected chi connectivity index (χ4v) is 7.97. The van der Waals surface area contributed by atoms with Crippen molar-refractivity contribution in [2.45, 2.75) is 33.1 Å². The Morgan fingerprint density at radius 3 is 2.16 bits per heavy atom. The van der Waals surface area contributed by atoms with E-state index in [-0.39, 0.29) is 5.41 Å². The molecule has 0 fully saturated rings. The molecule has 9 rings (SSSR count). The quantitative estimate of drug-likeness (QED) is 0.173. The zero-order chi connectivity index (χ0) is 37.9. The summed E-state index contributed by atoms with van der Waals surface area (Å²) >= 11 is 0. The number of rotatable bonds is 6. The maximum atomic E-state index is 4.47. The standard InChI is InChI=1S/C51H40N2.C2H6/c1-35-13-11-12-30-53(49-29-24-38-17-9-10-19-44(38)50(35)49)43-26-28-46-45-27-25-42(32-47(45)51(2,3)48(46)33-43)52-34-41(21-20-36-14-5-4-6-15-36)40-23-22-37-16-7-8-18-39(37)31-40;1-2/h4-34,52H,1H2,2-3H3;1-2H3/b13-11-,21-20-,30-12-,41-34+;. The lowest BCUT2D eigenvalue weighted by molar-refractivity contribution is 0.660. The van der Waals surface area contributed by atoms with Crippen LogP contribution in [0, 0.1) is 0 Å². The summed E-state index contributed by atoms with van der Waals surface area (Å²) in [6, 6.07) is 52.4. The largest absolute Gasteiger partial charge is 0.361 e. The molecule has 0 bridgehead atoms. The minimum absolute atomic E-state index is 0.196. The molecule has 55 heavy (non-hydrogen) atoms. The van der Waals surface area contributed by atoms with E-state index in [4.69, 9.17) is 0 Å². The van der Waals surface area contributed by atoms with E-state index in [2.05, 4.69) is 219 Å². The van der Waals surface area contributed by atoms with Gasteiger partial charge in [0.05, 0.1) is 5.69 Å². The molecule has 268 valence electrons. The second-order valence-corrected chi connectivity index (χ2v) is 14.4. The molecule has 0 atom stereocenters. The maximum Gasteiger partial charge on any atom is 0.0540 e. The Balaban J connectivity index is 0.00000210. The first kappa shape index (κ1) is 35.4. The molecule has 0 saturated carbocycles. The van der Waals surface area contributed by atoms with Gasteiger partial charge < -0.3 is 10.2 Å². The van der Waals surface area contributed by atoms with Crippen molar-refractivity contribution < 1.29 is 0 Å². The summed E-state index contributed by atoms with van der Waals surface area (Å²) < 4.78 is 0. The minimum atomic E-state index is -0.196. The van der Waals surface area contributed by atoms with Gasteiger partial charge in [0, 0.05) is 34.8 Å². The van der Waals surface area contributed by atoms with Crippen LogP contribution in [-0.4, -0.2) is 0 Å². The van der Waals surface area contributed by atoms with Crippen LogP contribution in [0.25, 0.3) is 49.9 Å². The Morgan fingerprint density at radius 2 is 1.35 bits per heavy atom. The number of allylic oxidation sites excluding steroid dienone is 6. The van der Waals surface area contributed by atoms with E-state index in [9.17, 15) is 0 Å². The van der Waals surface area contributed by atoms with Gasteiger partial charge in [-0.3, -0.25) is 0 Å². The van der Waals surface area contributed by atoms with Crippen molar-refractivity contribution in [3.05, 3.63) is 217 Å². The van der Waals surface area contributed by atoms with Crippen molar-refractivity contribution in [3.63, 3.8) is 0 Å². The van der Waals surface area contributed by atoms with Crippen molar-refractivity contribution in [1.82, 2.24) is 0 Å². The van der Waals surface area contributed by atoms with Gasteiger partial charge in [-0.1, -0.05) is 168 Å². The Kier molecular flexibility index (Phi) is 9.66. The average molecular weight is 711 g/mol. The van der Waals surface area contributed by atoms with Gasteiger partial charge >= 0.3 is 0 Å². The van der Waals surface area contributed by atoms with Gasteiger partial charge in [0.2, 0.25) is 0 Å². The molecule has 2 heteroatoms. The van der Waals surface area contributed by atoms with Gasteiger partial charge in [-0.2, -0.15) is 0 Å². The van der Waals surface area contributed by atoms with Gasteiger partial charge in [-0.05, 0) is 109 Å². The van der Waals surface area contributed by atoms with E-state index < -0.39 is 0 Å². The molecule has 1 aliphatic carbocycles. The van der Waals surface area contributed by atoms with Gasteiger partial charge in [-0.15, -0.1) is 0 Å². The maximum absolute atomic E-state index is 4.47. The summed E-state index contributed by atoms with van der Waals surface area (Å²) in [6.45, 7) is 13.2. The molecule has 0 saturated heterocycles. The highest BCUT2D eigenvalue weighted by molar-refractivity contribution is 6.02. The molecule has 0 radical (unpaired) electrons. The van der Waals surface area contributed by atoms with E-state index in [0.717, 1.165) is 39.3 Å². The average Bonchev–Trinajstić information content (AvgIpc) is 3.45. The van der Waals surface area contributed by atoms with Crippen molar-refractivity contribution in [3.8, 4) is 11.1 Å². The van der Waals surface area contributed by atoms with Crippen LogP contribution >= 0.6 is 0 Å². The lowest BCUT2D eigenvalue weighted by Crippen LogP contribution is -2.17. The first-order valence-corrected chi connectivity index (χ1v) is 19.3. The lowest BCUT2D eigenvalue weighted by Gasteiger charge is -2.28. The van der Waals surface area contributed by atoms with Crippen LogP contribution < -0.4 is 10.2 Å². The monoisotopic (exact) mass is 710 g/mol. The molecule has 1 N–H and O–H groups in total. The molecule has 0 aromatic heterocycles. The van der Waals surface area contributed by atoms with Crippen molar-refractivity contribution in [2.24, 2.45) is 0 Å². The molecular formula is C53H46N2. The second-order valence-electron chi connectivity index (χ2n) is 14.4. The molecule has 0 amide bonds. The predicted octanol–water partition coefficient (Wildman–Crippen LogP) is 14.7. The number of anilines is 3. The second kappa shape index (κ2) is 15.0. The Bertz CT molecular complexity index is 2690. The fourth-order valence-electron chi connectivity index (χ4n) is 7.97. The number of benzene rings is 7. The molecule has 7 aromatic rings. The summed E-state index contributed by atoms with van der Waals surface area (Å²) in [5.41, 5.74) is 14.0. The van der Waals surface area contributed by atoms with E-state index in [0.29, 0.717) is 0 Å². The molecule has 1 heterocycles. The van der Waals surface area contributed by atoms with Crippen LogP contribution in [0.4, 0.5) is 17.1 Å². The van der Waals surface area contributed by atoms with Crippen molar-refractivity contribution in [2.75, 3.05) is 10.2 Å². The number of hydrogen-bond acceptors (Lipinski definition) is 2. The number of nitrogens with zero attached hydrogens (tertiary/aromatic N) is 1. The highest BCUT2D eigenvalue weighted by Crippen LogP contribution is 2.51. The number of hydrogen-bond donors (Lipinski definition) is 1. The van der Waals surface area contributed by atoms with Crippen LogP contribution in [0.15, 0.2) is 189 Å². The molecule has 7 aromatic carbocycles. The van der Waals surface area contributed by atoms with E-state index in [1.165, 1.54) is 49.4 Å². The zero-order valence-corrected chi connectivity index (χ0v) is 32.1. The van der Waals surface area contributed by atoms with Crippen molar-refractivity contribution in [1.29, 1.82) is 0 Å². The highest BCUT2D eigenvalue weighted by Gasteiger charge is 2.36. The third kappa shape index (κ3) is 6.73. The summed E-state index contributed by atoms with van der Waals surface area (Å²) in [5.74, 6) is 0. The highest BCUT2D eigenvalue weighted by atomic mass is 15.1. The van der Waals surface area contributed by atoms with Crippen molar-refractivity contribution >= 4 is 55.8 Å². The van der Waals surface area contributed by atoms with E-state index in [1.54, 1.807) is 0 Å². The van der Waals surface area contributed by atoms with Gasteiger partial charge in [0.1, 0.15) is 0 Å². The first-order valence-electron chi connectivity index (χ1n) is 19.3. The number of fused-ring (bicyclic) bond motifs is 7. The zero-order valence-electron chi connectivity index (χ0n) is 32.1. The Hall–Kier alpha value is -6.64. The molecule has 2 aliphatic rings. The van der Waals surface area contributed by atoms with E-state index >= 15 is 0 Å². The van der Waals surface area contributed by atoms with E-state index in [1.807, 2.05) is 13.8 Å². The molecule has 2 nitrogen and oxygen atoms in total. The van der Waals surface area contributed by atoms with Crippen LogP contribution in [-0.2, 0) is 5.41 Å². The number of nitrogens with one attached hydrogen (secondary N) is 1. The molecule has 0 unspecified atom stereocenters. The SMILES string of the molecule is C=C1/C=C\C=C/N(c2ccc3c(c2)C(C)(C)c2cc(N/C=C(\C=C/c4ccccc4)c4ccc5ccccc5c4)ccc2-3)c2ccc3ccccc3c21.CC. The lowest BCUT2D eigenvalue weighted by atomic mass is 9.82. The Labute approximate surface area is 325 Å². The summed E-state index contributed by atoms with van der Waals surface area (Å²) in [4.78, 5) is 2.31. The minimum Gasteiger partial charge on any atom is -0.361 e.